The van der Waals surface area contributed by atoms with Gasteiger partial charge in [0.25, 0.3) is 5.91 Å². The summed E-state index contributed by atoms with van der Waals surface area (Å²) in [7, 11) is 3.90. The molecule has 1 aliphatic rings. The SMILES string of the molecule is CN(C)CCNc1ccc(NC=C2C(=O)Nc3cc(F)ccc32)cc1F. The topological polar surface area (TPSA) is 56.4 Å². The molecule has 2 aromatic rings. The Hall–Kier alpha value is -2.93. The minimum atomic E-state index is -0.419. The highest BCUT2D eigenvalue weighted by molar-refractivity contribution is 6.31. The molecule has 3 rings (SSSR count). The second-order valence-electron chi connectivity index (χ2n) is 6.27. The molecular weight excluding hydrogens is 338 g/mol. The summed E-state index contributed by atoms with van der Waals surface area (Å²) in [5.74, 6) is -1.14. The van der Waals surface area contributed by atoms with Crippen LogP contribution in [-0.2, 0) is 4.79 Å². The third kappa shape index (κ3) is 4.00. The summed E-state index contributed by atoms with van der Waals surface area (Å²) in [6.45, 7) is 1.43. The van der Waals surface area contributed by atoms with E-state index in [4.69, 9.17) is 0 Å². The van der Waals surface area contributed by atoms with Crippen LogP contribution in [0.4, 0.5) is 25.8 Å². The minimum Gasteiger partial charge on any atom is -0.381 e. The summed E-state index contributed by atoms with van der Waals surface area (Å²) in [6.07, 6.45) is 1.49. The van der Waals surface area contributed by atoms with E-state index in [-0.39, 0.29) is 11.7 Å². The molecular formula is C19H20F2N4O. The maximum absolute atomic E-state index is 14.2. The van der Waals surface area contributed by atoms with Gasteiger partial charge in [-0.3, -0.25) is 4.79 Å². The van der Waals surface area contributed by atoms with E-state index in [1.807, 2.05) is 19.0 Å². The molecule has 0 atom stereocenters. The van der Waals surface area contributed by atoms with E-state index >= 15 is 0 Å². The van der Waals surface area contributed by atoms with Crippen LogP contribution in [0.25, 0.3) is 5.57 Å². The summed E-state index contributed by atoms with van der Waals surface area (Å²) < 4.78 is 27.4. The Morgan fingerprint density at radius 1 is 1.15 bits per heavy atom. The lowest BCUT2D eigenvalue weighted by atomic mass is 10.1. The van der Waals surface area contributed by atoms with Crippen LogP contribution in [0.15, 0.2) is 42.6 Å². The van der Waals surface area contributed by atoms with Crippen molar-refractivity contribution in [2.24, 2.45) is 0 Å². The van der Waals surface area contributed by atoms with Gasteiger partial charge in [0.2, 0.25) is 0 Å². The van der Waals surface area contributed by atoms with Crippen LogP contribution >= 0.6 is 0 Å². The lowest BCUT2D eigenvalue weighted by Gasteiger charge is -2.12. The Morgan fingerprint density at radius 2 is 1.96 bits per heavy atom. The van der Waals surface area contributed by atoms with Crippen LogP contribution in [0.5, 0.6) is 0 Å². The molecule has 0 aromatic heterocycles. The van der Waals surface area contributed by atoms with Gasteiger partial charge in [0, 0.05) is 30.5 Å². The number of amides is 1. The number of hydrogen-bond acceptors (Lipinski definition) is 4. The van der Waals surface area contributed by atoms with Gasteiger partial charge in [0.15, 0.2) is 0 Å². The molecule has 0 aliphatic carbocycles. The van der Waals surface area contributed by atoms with Crippen LogP contribution in [0, 0.1) is 11.6 Å². The summed E-state index contributed by atoms with van der Waals surface area (Å²) in [4.78, 5) is 14.0. The van der Waals surface area contributed by atoms with Gasteiger partial charge in [-0.2, -0.15) is 0 Å². The molecule has 0 radical (unpaired) electrons. The molecule has 0 fully saturated rings. The number of likely N-dealkylation sites (N-methyl/N-ethyl adjacent to an activating group) is 1. The van der Waals surface area contributed by atoms with Gasteiger partial charge in [-0.15, -0.1) is 0 Å². The number of hydrogen-bond donors (Lipinski definition) is 3. The quantitative estimate of drug-likeness (QED) is 0.693. The zero-order valence-corrected chi connectivity index (χ0v) is 14.6. The number of halogens is 2. The van der Waals surface area contributed by atoms with Crippen molar-refractivity contribution < 1.29 is 13.6 Å². The van der Waals surface area contributed by atoms with Crippen molar-refractivity contribution in [3.8, 4) is 0 Å². The van der Waals surface area contributed by atoms with Gasteiger partial charge in [-0.1, -0.05) is 0 Å². The zero-order valence-electron chi connectivity index (χ0n) is 14.6. The van der Waals surface area contributed by atoms with Crippen molar-refractivity contribution in [2.45, 2.75) is 0 Å². The van der Waals surface area contributed by atoms with E-state index in [2.05, 4.69) is 16.0 Å². The van der Waals surface area contributed by atoms with Crippen LogP contribution in [0.1, 0.15) is 5.56 Å². The second-order valence-corrected chi connectivity index (χ2v) is 6.27. The van der Waals surface area contributed by atoms with Gasteiger partial charge >= 0.3 is 0 Å². The van der Waals surface area contributed by atoms with Crippen LogP contribution in [-0.4, -0.2) is 38.0 Å². The van der Waals surface area contributed by atoms with E-state index in [9.17, 15) is 13.6 Å². The third-order valence-corrected chi connectivity index (χ3v) is 3.99. The largest absolute Gasteiger partial charge is 0.381 e. The number of nitrogens with zero attached hydrogens (tertiary/aromatic N) is 1. The highest BCUT2D eigenvalue weighted by Gasteiger charge is 2.24. The van der Waals surface area contributed by atoms with Crippen molar-refractivity contribution in [1.29, 1.82) is 0 Å². The molecule has 2 aromatic carbocycles. The Balaban J connectivity index is 1.71. The lowest BCUT2D eigenvalue weighted by molar-refractivity contribution is -0.110. The fourth-order valence-corrected chi connectivity index (χ4v) is 2.63. The number of fused-ring (bicyclic) bond motifs is 1. The molecule has 0 saturated heterocycles. The molecule has 3 N–H and O–H groups in total. The van der Waals surface area contributed by atoms with Crippen molar-refractivity contribution >= 4 is 28.5 Å². The van der Waals surface area contributed by atoms with Crippen molar-refractivity contribution in [1.82, 2.24) is 4.90 Å². The van der Waals surface area contributed by atoms with Gasteiger partial charge in [0.05, 0.1) is 16.9 Å². The van der Waals surface area contributed by atoms with E-state index in [1.165, 1.54) is 30.5 Å². The molecule has 26 heavy (non-hydrogen) atoms. The maximum Gasteiger partial charge on any atom is 0.257 e. The van der Waals surface area contributed by atoms with Crippen LogP contribution in [0.3, 0.4) is 0 Å². The number of anilines is 3. The standard InChI is InChI=1S/C19H20F2N4O/c1-25(2)8-7-22-17-6-4-13(10-16(17)21)23-11-15-14-5-3-12(20)9-18(14)24-19(15)26/h3-6,9-11,22-23H,7-8H2,1-2H3,(H,24,26). The first-order valence-electron chi connectivity index (χ1n) is 8.20. The minimum absolute atomic E-state index is 0.333. The molecule has 7 heteroatoms. The number of nitrogens with one attached hydrogen (secondary N) is 3. The zero-order chi connectivity index (χ0) is 18.7. The van der Waals surface area contributed by atoms with Gasteiger partial charge in [-0.05, 0) is 50.5 Å². The first-order valence-corrected chi connectivity index (χ1v) is 8.20. The second kappa shape index (κ2) is 7.53. The predicted octanol–water partition coefficient (Wildman–Crippen LogP) is 3.34. The fourth-order valence-electron chi connectivity index (χ4n) is 2.63. The molecule has 136 valence electrons. The molecule has 1 amide bonds. The monoisotopic (exact) mass is 358 g/mol. The highest BCUT2D eigenvalue weighted by atomic mass is 19.1. The molecule has 1 aliphatic heterocycles. The van der Waals surface area contributed by atoms with E-state index in [0.717, 1.165) is 6.54 Å². The summed E-state index contributed by atoms with van der Waals surface area (Å²) in [5.41, 5.74) is 2.33. The van der Waals surface area contributed by atoms with E-state index < -0.39 is 5.82 Å². The Kier molecular flexibility index (Phi) is 5.18. The Bertz CT molecular complexity index is 865. The van der Waals surface area contributed by atoms with Crippen LogP contribution < -0.4 is 16.0 Å². The average Bonchev–Trinajstić information content (AvgIpc) is 2.88. The average molecular weight is 358 g/mol. The normalized spacial score (nSPS) is 14.5. The molecule has 0 bridgehead atoms. The first-order chi connectivity index (χ1) is 12.4. The number of rotatable bonds is 6. The molecule has 0 spiro atoms. The summed E-state index contributed by atoms with van der Waals surface area (Å²) in [5, 5.41) is 8.56. The van der Waals surface area contributed by atoms with Gasteiger partial charge in [0.1, 0.15) is 11.6 Å². The van der Waals surface area contributed by atoms with Crippen molar-refractivity contribution in [2.75, 3.05) is 43.1 Å². The molecule has 0 saturated carbocycles. The predicted molar refractivity (Wildman–Crippen MR) is 100 cm³/mol. The van der Waals surface area contributed by atoms with E-state index in [1.54, 1.807) is 12.1 Å². The van der Waals surface area contributed by atoms with Gasteiger partial charge in [-0.25, -0.2) is 8.78 Å². The number of carbonyl (C=O) groups is 1. The smallest absolute Gasteiger partial charge is 0.257 e. The van der Waals surface area contributed by atoms with E-state index in [0.29, 0.717) is 34.7 Å². The first kappa shape index (κ1) is 17.9. The van der Waals surface area contributed by atoms with Gasteiger partial charge < -0.3 is 20.9 Å². The van der Waals surface area contributed by atoms with Crippen molar-refractivity contribution in [3.05, 3.63) is 59.8 Å². The van der Waals surface area contributed by atoms with Crippen molar-refractivity contribution in [3.63, 3.8) is 0 Å². The summed E-state index contributed by atoms with van der Waals surface area (Å²) in [6, 6.07) is 8.81. The lowest BCUT2D eigenvalue weighted by Crippen LogP contribution is -2.21. The Labute approximate surface area is 150 Å². The fraction of sp³-hybridized carbons (Fsp3) is 0.211. The molecule has 1 heterocycles. The molecule has 5 nitrogen and oxygen atoms in total. The van der Waals surface area contributed by atoms with Crippen LogP contribution in [0.2, 0.25) is 0 Å². The third-order valence-electron chi connectivity index (χ3n) is 3.99. The molecule has 0 unspecified atom stereocenters. The summed E-state index contributed by atoms with van der Waals surface area (Å²) >= 11 is 0. The Morgan fingerprint density at radius 3 is 2.69 bits per heavy atom. The highest BCUT2D eigenvalue weighted by Crippen LogP contribution is 2.32. The number of benzene rings is 2. The number of carbonyl (C=O) groups excluding carboxylic acids is 1. The maximum atomic E-state index is 14.2.